The molecule has 2 bridgehead atoms. The number of nitrogens with zero attached hydrogens (tertiary/aromatic N) is 1. The van der Waals surface area contributed by atoms with Crippen molar-refractivity contribution in [3.63, 3.8) is 0 Å². The van der Waals surface area contributed by atoms with Crippen LogP contribution in [0.25, 0.3) is 0 Å². The number of unbranched alkanes of at least 4 members (excludes halogenated alkanes) is 3. The second-order valence-corrected chi connectivity index (χ2v) is 6.17. The Balaban J connectivity index is 1.72. The predicted molar refractivity (Wildman–Crippen MR) is 78.8 cm³/mol. The molecule has 0 amide bonds. The van der Waals surface area contributed by atoms with Crippen molar-refractivity contribution in [2.45, 2.75) is 76.8 Å². The number of carbonyl (C=O) groups excluding carboxylic acids is 1. The van der Waals surface area contributed by atoms with Gasteiger partial charge in [-0.1, -0.05) is 25.7 Å². The Bertz CT molecular complexity index is 351. The maximum absolute atomic E-state index is 12.2. The fraction of sp³-hybridized carbons (Fsp3) is 0.824. The smallest absolute Gasteiger partial charge is 0.147 e. The number of hydrogen-bond donors (Lipinski definition) is 0. The molecule has 19 heavy (non-hydrogen) atoms. The van der Waals surface area contributed by atoms with Crippen molar-refractivity contribution in [3.05, 3.63) is 0 Å². The zero-order valence-corrected chi connectivity index (χ0v) is 12.5. The van der Waals surface area contributed by atoms with Crippen LogP contribution < -0.4 is 0 Å². The normalized spacial score (nSPS) is 29.9. The Morgan fingerprint density at radius 3 is 2.47 bits per heavy atom. The van der Waals surface area contributed by atoms with Crippen molar-refractivity contribution in [1.82, 2.24) is 4.90 Å². The van der Waals surface area contributed by atoms with Crippen LogP contribution in [-0.2, 0) is 4.79 Å². The molecule has 0 aromatic rings. The van der Waals surface area contributed by atoms with E-state index in [4.69, 9.17) is 0 Å². The molecule has 2 heteroatoms. The highest BCUT2D eigenvalue weighted by Gasteiger charge is 2.40. The third-order valence-corrected chi connectivity index (χ3v) is 4.85. The summed E-state index contributed by atoms with van der Waals surface area (Å²) in [6.45, 7) is 2.20. The largest absolute Gasteiger partial charge is 0.300 e. The van der Waals surface area contributed by atoms with Crippen molar-refractivity contribution in [2.24, 2.45) is 5.92 Å². The number of ketones is 1. The number of fused-ring (bicyclic) bond motifs is 2. The fourth-order valence-electron chi connectivity index (χ4n) is 3.52. The topological polar surface area (TPSA) is 20.3 Å². The van der Waals surface area contributed by atoms with Crippen LogP contribution in [0.15, 0.2) is 0 Å². The first-order valence-corrected chi connectivity index (χ1v) is 7.92. The number of Topliss-reactive ketones (excluding diaryl/α,β-unsaturated/α-hetero) is 1. The van der Waals surface area contributed by atoms with E-state index in [1.165, 1.54) is 32.1 Å². The molecule has 2 unspecified atom stereocenters. The van der Waals surface area contributed by atoms with E-state index in [1.807, 2.05) is 0 Å². The summed E-state index contributed by atoms with van der Waals surface area (Å²) in [5.41, 5.74) is 0. The van der Waals surface area contributed by atoms with Crippen LogP contribution in [-0.4, -0.2) is 29.8 Å². The number of carbonyl (C=O) groups is 1. The Hall–Kier alpha value is -0.810. The molecule has 106 valence electrons. The summed E-state index contributed by atoms with van der Waals surface area (Å²) < 4.78 is 0. The Kier molecular flexibility index (Phi) is 5.45. The van der Waals surface area contributed by atoms with Gasteiger partial charge in [-0.3, -0.25) is 4.79 Å². The molecular weight excluding hydrogens is 234 g/mol. The molecule has 2 heterocycles. The lowest BCUT2D eigenvalue weighted by Gasteiger charge is -2.35. The SMILES string of the molecule is CCCCCC#CCC(=O)C1CC2CCC(C1)N2C. The summed E-state index contributed by atoms with van der Waals surface area (Å²) in [6.07, 6.45) is 9.82. The first-order chi connectivity index (χ1) is 9.22. The van der Waals surface area contributed by atoms with E-state index in [0.29, 0.717) is 30.2 Å². The summed E-state index contributed by atoms with van der Waals surface area (Å²) in [7, 11) is 2.22. The molecule has 0 radical (unpaired) electrons. The van der Waals surface area contributed by atoms with Gasteiger partial charge in [-0.25, -0.2) is 0 Å². The van der Waals surface area contributed by atoms with Gasteiger partial charge >= 0.3 is 0 Å². The molecule has 0 N–H and O–H groups in total. The maximum Gasteiger partial charge on any atom is 0.147 e. The minimum absolute atomic E-state index is 0.290. The maximum atomic E-state index is 12.2. The molecule has 2 nitrogen and oxygen atoms in total. The number of rotatable bonds is 5. The summed E-state index contributed by atoms with van der Waals surface area (Å²) in [5, 5.41) is 0. The molecular formula is C17H27NO. The van der Waals surface area contributed by atoms with E-state index >= 15 is 0 Å². The lowest BCUT2D eigenvalue weighted by Crippen LogP contribution is -2.41. The Morgan fingerprint density at radius 2 is 1.84 bits per heavy atom. The Morgan fingerprint density at radius 1 is 1.16 bits per heavy atom. The minimum Gasteiger partial charge on any atom is -0.300 e. The molecule has 0 aromatic heterocycles. The minimum atomic E-state index is 0.290. The summed E-state index contributed by atoms with van der Waals surface area (Å²) in [5.74, 6) is 6.93. The van der Waals surface area contributed by atoms with Crippen molar-refractivity contribution < 1.29 is 4.79 Å². The van der Waals surface area contributed by atoms with E-state index in [0.717, 1.165) is 19.3 Å². The molecule has 0 spiro atoms. The van der Waals surface area contributed by atoms with Crippen LogP contribution >= 0.6 is 0 Å². The van der Waals surface area contributed by atoms with Gasteiger partial charge in [0.15, 0.2) is 0 Å². The first-order valence-electron chi connectivity index (χ1n) is 7.92. The lowest BCUT2D eigenvalue weighted by molar-refractivity contribution is -0.124. The Labute approximate surface area is 117 Å². The van der Waals surface area contributed by atoms with Gasteiger partial charge in [-0.2, -0.15) is 0 Å². The molecule has 2 aliphatic heterocycles. The lowest BCUT2D eigenvalue weighted by atomic mass is 9.86. The van der Waals surface area contributed by atoms with Gasteiger partial charge in [-0.15, -0.1) is 5.92 Å². The van der Waals surface area contributed by atoms with E-state index in [-0.39, 0.29) is 0 Å². The molecule has 2 saturated heterocycles. The van der Waals surface area contributed by atoms with Gasteiger partial charge in [0, 0.05) is 24.4 Å². The van der Waals surface area contributed by atoms with Gasteiger partial charge in [0.25, 0.3) is 0 Å². The molecule has 2 aliphatic rings. The predicted octanol–water partition coefficient (Wildman–Crippen LogP) is 3.40. The van der Waals surface area contributed by atoms with Crippen LogP contribution in [0.1, 0.15) is 64.7 Å². The van der Waals surface area contributed by atoms with Crippen molar-refractivity contribution in [1.29, 1.82) is 0 Å². The van der Waals surface area contributed by atoms with E-state index in [1.54, 1.807) is 0 Å². The van der Waals surface area contributed by atoms with Crippen LogP contribution in [0, 0.1) is 17.8 Å². The summed E-state index contributed by atoms with van der Waals surface area (Å²) in [4.78, 5) is 14.7. The van der Waals surface area contributed by atoms with Crippen LogP contribution in [0.5, 0.6) is 0 Å². The standard InChI is InChI=1S/C17H27NO/c1-3-4-5-6-7-8-9-17(19)14-12-15-10-11-16(13-14)18(15)2/h14-16H,3-6,9-13H2,1-2H3. The number of hydrogen-bond acceptors (Lipinski definition) is 2. The monoisotopic (exact) mass is 261 g/mol. The molecule has 0 aliphatic carbocycles. The van der Waals surface area contributed by atoms with E-state index < -0.39 is 0 Å². The average molecular weight is 261 g/mol. The van der Waals surface area contributed by atoms with Crippen LogP contribution in [0.3, 0.4) is 0 Å². The highest BCUT2D eigenvalue weighted by Crippen LogP contribution is 2.37. The second kappa shape index (κ2) is 7.10. The number of piperidine rings is 1. The molecule has 2 fully saturated rings. The van der Waals surface area contributed by atoms with Gasteiger partial charge < -0.3 is 4.90 Å². The van der Waals surface area contributed by atoms with Gasteiger partial charge in [-0.05, 0) is 39.2 Å². The van der Waals surface area contributed by atoms with Crippen LogP contribution in [0.2, 0.25) is 0 Å². The zero-order chi connectivity index (χ0) is 13.7. The summed E-state index contributed by atoms with van der Waals surface area (Å²) >= 11 is 0. The van der Waals surface area contributed by atoms with Crippen molar-refractivity contribution in [2.75, 3.05) is 7.05 Å². The van der Waals surface area contributed by atoms with Crippen molar-refractivity contribution in [3.8, 4) is 11.8 Å². The molecule has 0 aromatic carbocycles. The van der Waals surface area contributed by atoms with Crippen LogP contribution in [0.4, 0.5) is 0 Å². The quantitative estimate of drug-likeness (QED) is 0.558. The van der Waals surface area contributed by atoms with Crippen molar-refractivity contribution >= 4 is 5.78 Å². The highest BCUT2D eigenvalue weighted by molar-refractivity contribution is 5.83. The second-order valence-electron chi connectivity index (χ2n) is 6.17. The van der Waals surface area contributed by atoms with Gasteiger partial charge in [0.05, 0.1) is 6.42 Å². The van der Waals surface area contributed by atoms with E-state index in [9.17, 15) is 4.79 Å². The average Bonchev–Trinajstić information content (AvgIpc) is 2.65. The fourth-order valence-corrected chi connectivity index (χ4v) is 3.52. The zero-order valence-electron chi connectivity index (χ0n) is 12.5. The molecule has 2 atom stereocenters. The first kappa shape index (κ1) is 14.6. The van der Waals surface area contributed by atoms with E-state index in [2.05, 4.69) is 30.7 Å². The van der Waals surface area contributed by atoms with Gasteiger partial charge in [0.1, 0.15) is 5.78 Å². The summed E-state index contributed by atoms with van der Waals surface area (Å²) in [6, 6.07) is 1.32. The molecule has 2 rings (SSSR count). The van der Waals surface area contributed by atoms with Gasteiger partial charge in [0.2, 0.25) is 0 Å². The third kappa shape index (κ3) is 3.83. The third-order valence-electron chi connectivity index (χ3n) is 4.85. The highest BCUT2D eigenvalue weighted by atomic mass is 16.1. The molecule has 0 saturated carbocycles.